The maximum absolute atomic E-state index is 12.0. The molecule has 0 aliphatic carbocycles. The second-order valence-corrected chi connectivity index (χ2v) is 8.40. The van der Waals surface area contributed by atoms with Gasteiger partial charge in [-0.2, -0.15) is 10.1 Å². The molecule has 0 saturated heterocycles. The molecule has 5 rings (SSSR count). The molecule has 4 aromatic rings. The molecule has 1 atom stereocenters. The van der Waals surface area contributed by atoms with Crippen molar-refractivity contribution >= 4 is 22.6 Å². The first kappa shape index (κ1) is 22.0. The number of benzene rings is 1. The third-order valence-corrected chi connectivity index (χ3v) is 6.02. The molecule has 0 amide bonds. The summed E-state index contributed by atoms with van der Waals surface area (Å²) in [6.07, 6.45) is 1.81. The fraction of sp³-hybridized carbons (Fsp3) is 0.375. The number of aromatic nitrogens is 5. The maximum atomic E-state index is 12.0. The van der Waals surface area contributed by atoms with Crippen LogP contribution >= 0.6 is 0 Å². The van der Waals surface area contributed by atoms with Gasteiger partial charge in [-0.15, -0.1) is 0 Å². The molecule has 1 N–H and O–H groups in total. The molecule has 0 bridgehead atoms. The summed E-state index contributed by atoms with van der Waals surface area (Å²) in [6.45, 7) is 9.08. The van der Waals surface area contributed by atoms with E-state index in [4.69, 9.17) is 9.26 Å². The van der Waals surface area contributed by atoms with E-state index in [1.807, 2.05) is 41.2 Å². The number of carbonyl (C=O) groups excluding carboxylic acids is 1. The number of nitrogens with one attached hydrogen (secondary N) is 1. The molecule has 0 saturated carbocycles. The van der Waals surface area contributed by atoms with E-state index in [0.717, 1.165) is 54.0 Å². The molecule has 1 aliphatic heterocycles. The summed E-state index contributed by atoms with van der Waals surface area (Å²) in [5.41, 5.74) is 2.27. The minimum Gasteiger partial charge on any atom is -0.461 e. The van der Waals surface area contributed by atoms with Crippen LogP contribution < -0.4 is 5.32 Å². The van der Waals surface area contributed by atoms with Crippen LogP contribution in [-0.2, 0) is 17.8 Å². The zero-order chi connectivity index (χ0) is 23.7. The van der Waals surface area contributed by atoms with E-state index >= 15 is 0 Å². The summed E-state index contributed by atoms with van der Waals surface area (Å²) in [4.78, 5) is 23.3. The topological polar surface area (TPSA) is 111 Å². The number of ether oxygens (including phenoxy) is 1. The van der Waals surface area contributed by atoms with Gasteiger partial charge in [-0.3, -0.25) is 9.58 Å². The van der Waals surface area contributed by atoms with Crippen LogP contribution in [0, 0.1) is 6.92 Å². The van der Waals surface area contributed by atoms with E-state index < -0.39 is 0 Å². The van der Waals surface area contributed by atoms with Gasteiger partial charge in [-0.25, -0.2) is 9.78 Å². The molecule has 34 heavy (non-hydrogen) atoms. The zero-order valence-electron chi connectivity index (χ0n) is 19.5. The molecule has 0 fully saturated rings. The van der Waals surface area contributed by atoms with E-state index in [1.54, 1.807) is 13.8 Å². The Hall–Kier alpha value is -3.79. The molecule has 3 aromatic heterocycles. The lowest BCUT2D eigenvalue weighted by Gasteiger charge is -2.33. The fourth-order valence-corrected chi connectivity index (χ4v) is 4.26. The van der Waals surface area contributed by atoms with Crippen molar-refractivity contribution in [2.24, 2.45) is 0 Å². The number of pyridine rings is 1. The molecule has 1 unspecified atom stereocenters. The molecule has 10 nitrogen and oxygen atoms in total. The van der Waals surface area contributed by atoms with Gasteiger partial charge in [-0.1, -0.05) is 17.3 Å². The van der Waals surface area contributed by atoms with Gasteiger partial charge < -0.3 is 14.6 Å². The Labute approximate surface area is 196 Å². The smallest absolute Gasteiger partial charge is 0.358 e. The third kappa shape index (κ3) is 4.36. The average molecular weight is 462 g/mol. The minimum absolute atomic E-state index is 0.290. The third-order valence-electron chi connectivity index (χ3n) is 6.02. The summed E-state index contributed by atoms with van der Waals surface area (Å²) in [7, 11) is 0. The van der Waals surface area contributed by atoms with Crippen molar-refractivity contribution in [3.8, 4) is 11.4 Å². The quantitative estimate of drug-likeness (QED) is 0.414. The van der Waals surface area contributed by atoms with Gasteiger partial charge in [0.2, 0.25) is 11.7 Å². The highest BCUT2D eigenvalue weighted by Crippen LogP contribution is 2.27. The number of aryl methyl sites for hydroxylation is 1. The van der Waals surface area contributed by atoms with Crippen LogP contribution in [0.1, 0.15) is 35.9 Å². The van der Waals surface area contributed by atoms with E-state index in [0.29, 0.717) is 24.0 Å². The normalized spacial score (nSPS) is 15.9. The van der Waals surface area contributed by atoms with Gasteiger partial charge in [0, 0.05) is 49.7 Å². The van der Waals surface area contributed by atoms with Gasteiger partial charge in [0.15, 0.2) is 5.69 Å². The van der Waals surface area contributed by atoms with Crippen LogP contribution in [0.25, 0.3) is 22.2 Å². The number of esters is 1. The van der Waals surface area contributed by atoms with E-state index in [-0.39, 0.29) is 12.0 Å². The van der Waals surface area contributed by atoms with Crippen molar-refractivity contribution in [3.63, 3.8) is 0 Å². The Kier molecular flexibility index (Phi) is 5.97. The van der Waals surface area contributed by atoms with Crippen molar-refractivity contribution in [2.45, 2.75) is 39.9 Å². The lowest BCUT2D eigenvalue weighted by molar-refractivity contribution is 0.0518. The molecule has 1 aromatic carbocycles. The predicted octanol–water partition coefficient (Wildman–Crippen LogP) is 3.28. The Morgan fingerprint density at radius 2 is 2.18 bits per heavy atom. The maximum Gasteiger partial charge on any atom is 0.358 e. The standard InChI is InChI=1S/C24H27N7O3/c1-4-33-24(32)21-12-19-14-30(15(2)13-31(19)28-21)10-9-26-23-20-11-18(22-27-16(3)34-29-22)6-5-17(20)7-8-25-23/h5-8,11-12,15H,4,9-10,13-14H2,1-3H3,(H,25,26). The van der Waals surface area contributed by atoms with Crippen molar-refractivity contribution < 1.29 is 14.1 Å². The van der Waals surface area contributed by atoms with Crippen LogP contribution in [0.5, 0.6) is 0 Å². The number of hydrogen-bond donors (Lipinski definition) is 1. The number of fused-ring (bicyclic) bond motifs is 2. The summed E-state index contributed by atoms with van der Waals surface area (Å²) >= 11 is 0. The van der Waals surface area contributed by atoms with Crippen molar-refractivity contribution in [1.29, 1.82) is 0 Å². The van der Waals surface area contributed by atoms with E-state index in [2.05, 4.69) is 37.4 Å². The first-order valence-corrected chi connectivity index (χ1v) is 11.4. The highest BCUT2D eigenvalue weighted by atomic mass is 16.5. The molecule has 1 aliphatic rings. The van der Waals surface area contributed by atoms with Crippen molar-refractivity contribution in [2.75, 3.05) is 25.0 Å². The van der Waals surface area contributed by atoms with Crippen molar-refractivity contribution in [1.82, 2.24) is 29.8 Å². The van der Waals surface area contributed by atoms with Crippen LogP contribution in [0.2, 0.25) is 0 Å². The Balaban J connectivity index is 1.27. The molecule has 10 heteroatoms. The molecule has 0 radical (unpaired) electrons. The molecule has 0 spiro atoms. The highest BCUT2D eigenvalue weighted by Gasteiger charge is 2.26. The number of carbonyl (C=O) groups is 1. The lowest BCUT2D eigenvalue weighted by Crippen LogP contribution is -2.43. The number of rotatable bonds is 7. The highest BCUT2D eigenvalue weighted by molar-refractivity contribution is 5.94. The lowest BCUT2D eigenvalue weighted by atomic mass is 10.1. The van der Waals surface area contributed by atoms with Crippen LogP contribution in [0.4, 0.5) is 5.82 Å². The van der Waals surface area contributed by atoms with Gasteiger partial charge >= 0.3 is 5.97 Å². The fourth-order valence-electron chi connectivity index (χ4n) is 4.26. The second-order valence-electron chi connectivity index (χ2n) is 8.40. The first-order chi connectivity index (χ1) is 16.5. The summed E-state index contributed by atoms with van der Waals surface area (Å²) < 4.78 is 12.1. The summed E-state index contributed by atoms with van der Waals surface area (Å²) in [6, 6.07) is 10.2. The summed E-state index contributed by atoms with van der Waals surface area (Å²) in [5, 5.41) is 14.0. The predicted molar refractivity (Wildman–Crippen MR) is 126 cm³/mol. The molecule has 4 heterocycles. The minimum atomic E-state index is -0.373. The van der Waals surface area contributed by atoms with Crippen LogP contribution in [0.15, 0.2) is 41.1 Å². The largest absolute Gasteiger partial charge is 0.461 e. The van der Waals surface area contributed by atoms with Gasteiger partial charge in [0.1, 0.15) is 5.82 Å². The van der Waals surface area contributed by atoms with Gasteiger partial charge in [0.25, 0.3) is 0 Å². The van der Waals surface area contributed by atoms with E-state index in [9.17, 15) is 4.79 Å². The van der Waals surface area contributed by atoms with Crippen molar-refractivity contribution in [3.05, 3.63) is 53.8 Å². The van der Waals surface area contributed by atoms with Crippen LogP contribution in [0.3, 0.4) is 0 Å². The second kappa shape index (κ2) is 9.22. The monoisotopic (exact) mass is 461 g/mol. The molecular formula is C24H27N7O3. The Morgan fingerprint density at radius 3 is 2.97 bits per heavy atom. The first-order valence-electron chi connectivity index (χ1n) is 11.4. The molecular weight excluding hydrogens is 434 g/mol. The number of hydrogen-bond acceptors (Lipinski definition) is 9. The van der Waals surface area contributed by atoms with Gasteiger partial charge in [0.05, 0.1) is 18.8 Å². The molecule has 176 valence electrons. The Morgan fingerprint density at radius 1 is 1.29 bits per heavy atom. The van der Waals surface area contributed by atoms with E-state index in [1.165, 1.54) is 0 Å². The summed E-state index contributed by atoms with van der Waals surface area (Å²) in [5.74, 6) is 1.54. The van der Waals surface area contributed by atoms with Gasteiger partial charge in [-0.05, 0) is 37.4 Å². The Bertz CT molecular complexity index is 1330. The average Bonchev–Trinajstić information content (AvgIpc) is 3.45. The number of nitrogens with zero attached hydrogens (tertiary/aromatic N) is 6. The number of anilines is 1. The zero-order valence-corrected chi connectivity index (χ0v) is 19.5. The SMILES string of the molecule is CCOC(=O)c1cc2n(n1)CC(C)N(CCNc1nccc3ccc(-c4noc(C)n4)cc13)C2. The van der Waals surface area contributed by atoms with Crippen LogP contribution in [-0.4, -0.2) is 61.5 Å².